The quantitative estimate of drug-likeness (QED) is 0.374. The molecule has 0 unspecified atom stereocenters. The van der Waals surface area contributed by atoms with Gasteiger partial charge in [0.15, 0.2) is 5.65 Å². The molecule has 5 aromatic rings. The Bertz CT molecular complexity index is 1380. The Balaban J connectivity index is 1.57. The summed E-state index contributed by atoms with van der Waals surface area (Å²) in [4.78, 5) is 22.4. The third-order valence-electron chi connectivity index (χ3n) is 5.95. The van der Waals surface area contributed by atoms with Crippen LogP contribution in [0.4, 0.5) is 5.69 Å². The molecule has 0 fully saturated rings. The zero-order valence-electron chi connectivity index (χ0n) is 19.2. The van der Waals surface area contributed by atoms with Gasteiger partial charge in [-0.1, -0.05) is 60.7 Å². The van der Waals surface area contributed by atoms with E-state index in [0.717, 1.165) is 29.0 Å². The van der Waals surface area contributed by atoms with Crippen LogP contribution in [0, 0.1) is 0 Å². The SMILES string of the molecule is CCn1cc(NC(=O)c2cnc3nc(C(c4ccccc4)c4ccccc4)n(CC)c3c2)cn1. The highest BCUT2D eigenvalue weighted by molar-refractivity contribution is 6.05. The molecule has 34 heavy (non-hydrogen) atoms. The van der Waals surface area contributed by atoms with Crippen molar-refractivity contribution in [1.82, 2.24) is 24.3 Å². The molecule has 0 aliphatic rings. The summed E-state index contributed by atoms with van der Waals surface area (Å²) in [6.45, 7) is 5.53. The van der Waals surface area contributed by atoms with Crippen LogP contribution in [0.25, 0.3) is 11.2 Å². The number of amides is 1. The minimum atomic E-state index is -0.224. The van der Waals surface area contributed by atoms with Crippen LogP contribution in [-0.4, -0.2) is 30.2 Å². The van der Waals surface area contributed by atoms with E-state index in [0.29, 0.717) is 23.4 Å². The molecule has 0 radical (unpaired) electrons. The smallest absolute Gasteiger partial charge is 0.257 e. The fourth-order valence-electron chi connectivity index (χ4n) is 4.29. The second-order valence-electron chi connectivity index (χ2n) is 8.07. The van der Waals surface area contributed by atoms with Crippen molar-refractivity contribution >= 4 is 22.8 Å². The number of nitrogens with zero attached hydrogens (tertiary/aromatic N) is 5. The molecule has 0 saturated carbocycles. The van der Waals surface area contributed by atoms with Crippen molar-refractivity contribution < 1.29 is 4.79 Å². The number of hydrogen-bond acceptors (Lipinski definition) is 4. The van der Waals surface area contributed by atoms with E-state index < -0.39 is 0 Å². The number of benzene rings is 2. The minimum Gasteiger partial charge on any atom is -0.326 e. The van der Waals surface area contributed by atoms with E-state index in [1.807, 2.05) is 55.6 Å². The van der Waals surface area contributed by atoms with Gasteiger partial charge in [0.05, 0.1) is 28.9 Å². The van der Waals surface area contributed by atoms with Crippen LogP contribution in [0.3, 0.4) is 0 Å². The lowest BCUT2D eigenvalue weighted by Gasteiger charge is -2.19. The van der Waals surface area contributed by atoms with Gasteiger partial charge in [0, 0.05) is 25.5 Å². The first-order chi connectivity index (χ1) is 16.7. The lowest BCUT2D eigenvalue weighted by molar-refractivity contribution is 0.102. The summed E-state index contributed by atoms with van der Waals surface area (Å²) >= 11 is 0. The topological polar surface area (TPSA) is 77.6 Å². The Morgan fingerprint density at radius 1 is 0.941 bits per heavy atom. The van der Waals surface area contributed by atoms with Crippen LogP contribution in [0.15, 0.2) is 85.3 Å². The van der Waals surface area contributed by atoms with Gasteiger partial charge in [0.2, 0.25) is 0 Å². The first-order valence-electron chi connectivity index (χ1n) is 11.5. The molecule has 2 aromatic carbocycles. The fourth-order valence-corrected chi connectivity index (χ4v) is 4.29. The maximum absolute atomic E-state index is 12.9. The predicted octanol–water partition coefficient (Wildman–Crippen LogP) is 5.10. The molecule has 170 valence electrons. The molecule has 0 saturated heterocycles. The summed E-state index contributed by atoms with van der Waals surface area (Å²) in [5.74, 6) is 0.635. The Kier molecular flexibility index (Phi) is 5.91. The first kappa shape index (κ1) is 21.6. The predicted molar refractivity (Wildman–Crippen MR) is 133 cm³/mol. The lowest BCUT2D eigenvalue weighted by Crippen LogP contribution is -2.13. The van der Waals surface area contributed by atoms with Crippen molar-refractivity contribution in [3.63, 3.8) is 0 Å². The Hall–Kier alpha value is -4.26. The molecule has 0 atom stereocenters. The van der Waals surface area contributed by atoms with Crippen LogP contribution in [0.5, 0.6) is 0 Å². The molecule has 5 rings (SSSR count). The molecule has 1 N–H and O–H groups in total. The van der Waals surface area contributed by atoms with Gasteiger partial charge in [-0.3, -0.25) is 9.48 Å². The van der Waals surface area contributed by atoms with Crippen LogP contribution >= 0.6 is 0 Å². The minimum absolute atomic E-state index is 0.0475. The van der Waals surface area contributed by atoms with Crippen molar-refractivity contribution in [3.05, 3.63) is 108 Å². The highest BCUT2D eigenvalue weighted by atomic mass is 16.1. The average molecular weight is 451 g/mol. The number of carbonyl (C=O) groups excluding carboxylic acids is 1. The summed E-state index contributed by atoms with van der Waals surface area (Å²) in [6.07, 6.45) is 5.04. The number of fused-ring (bicyclic) bond motifs is 1. The maximum Gasteiger partial charge on any atom is 0.257 e. The molecule has 0 spiro atoms. The van der Waals surface area contributed by atoms with E-state index in [1.54, 1.807) is 17.1 Å². The standard InChI is InChI=1S/C27H26N6O/c1-3-32-18-22(17-29-32)30-27(34)21-15-23-25(28-16-21)31-26(33(23)4-2)24(19-11-7-5-8-12-19)20-13-9-6-10-14-20/h5-18,24H,3-4H2,1-2H3,(H,30,34). The highest BCUT2D eigenvalue weighted by Gasteiger charge is 2.24. The zero-order chi connectivity index (χ0) is 23.5. The first-order valence-corrected chi connectivity index (χ1v) is 11.5. The fraction of sp³-hybridized carbons (Fsp3) is 0.185. The van der Waals surface area contributed by atoms with E-state index in [-0.39, 0.29) is 11.8 Å². The molecule has 7 nitrogen and oxygen atoms in total. The molecule has 7 heteroatoms. The van der Waals surface area contributed by atoms with Crippen LogP contribution in [0.1, 0.15) is 47.1 Å². The number of aryl methyl sites for hydroxylation is 2. The van der Waals surface area contributed by atoms with E-state index in [9.17, 15) is 4.79 Å². The lowest BCUT2D eigenvalue weighted by atomic mass is 9.90. The van der Waals surface area contributed by atoms with Gasteiger partial charge in [-0.15, -0.1) is 0 Å². The zero-order valence-corrected chi connectivity index (χ0v) is 19.2. The number of anilines is 1. The normalized spacial score (nSPS) is 11.3. The van der Waals surface area contributed by atoms with Crippen molar-refractivity contribution in [2.24, 2.45) is 0 Å². The van der Waals surface area contributed by atoms with Crippen molar-refractivity contribution in [2.45, 2.75) is 32.9 Å². The molecular weight excluding hydrogens is 424 g/mol. The van der Waals surface area contributed by atoms with Gasteiger partial charge in [0.25, 0.3) is 5.91 Å². The maximum atomic E-state index is 12.9. The van der Waals surface area contributed by atoms with Crippen LogP contribution < -0.4 is 5.32 Å². The third kappa shape index (κ3) is 4.08. The Morgan fingerprint density at radius 2 is 1.62 bits per heavy atom. The van der Waals surface area contributed by atoms with Crippen molar-refractivity contribution in [2.75, 3.05) is 5.32 Å². The molecule has 0 aliphatic carbocycles. The highest BCUT2D eigenvalue weighted by Crippen LogP contribution is 2.33. The summed E-state index contributed by atoms with van der Waals surface area (Å²) in [6, 6.07) is 22.6. The van der Waals surface area contributed by atoms with E-state index in [2.05, 4.69) is 51.2 Å². The number of rotatable bonds is 7. The Morgan fingerprint density at radius 3 is 2.21 bits per heavy atom. The van der Waals surface area contributed by atoms with Crippen molar-refractivity contribution in [3.8, 4) is 0 Å². The number of imidazole rings is 1. The van der Waals surface area contributed by atoms with E-state index in [1.165, 1.54) is 0 Å². The van der Waals surface area contributed by atoms with Gasteiger partial charge >= 0.3 is 0 Å². The van der Waals surface area contributed by atoms with Crippen LogP contribution in [-0.2, 0) is 13.1 Å². The van der Waals surface area contributed by atoms with Gasteiger partial charge in [-0.05, 0) is 31.0 Å². The second-order valence-corrected chi connectivity index (χ2v) is 8.07. The van der Waals surface area contributed by atoms with Gasteiger partial charge in [-0.2, -0.15) is 5.10 Å². The molecule has 3 heterocycles. The summed E-state index contributed by atoms with van der Waals surface area (Å²) in [5.41, 5.74) is 4.92. The monoisotopic (exact) mass is 450 g/mol. The Labute approximate surface area is 198 Å². The largest absolute Gasteiger partial charge is 0.326 e. The van der Waals surface area contributed by atoms with Gasteiger partial charge < -0.3 is 9.88 Å². The van der Waals surface area contributed by atoms with E-state index in [4.69, 9.17) is 4.98 Å². The summed E-state index contributed by atoms with van der Waals surface area (Å²) < 4.78 is 3.92. The molecule has 0 aliphatic heterocycles. The number of pyridine rings is 1. The van der Waals surface area contributed by atoms with Gasteiger partial charge in [-0.25, -0.2) is 9.97 Å². The van der Waals surface area contributed by atoms with Gasteiger partial charge in [0.1, 0.15) is 5.82 Å². The number of aromatic nitrogens is 5. The third-order valence-corrected chi connectivity index (χ3v) is 5.95. The number of hydrogen-bond donors (Lipinski definition) is 1. The average Bonchev–Trinajstić information content (AvgIpc) is 3.49. The summed E-state index contributed by atoms with van der Waals surface area (Å²) in [5, 5.41) is 7.12. The van der Waals surface area contributed by atoms with Crippen molar-refractivity contribution in [1.29, 1.82) is 0 Å². The number of carbonyl (C=O) groups is 1. The summed E-state index contributed by atoms with van der Waals surface area (Å²) in [7, 11) is 0. The number of nitrogens with one attached hydrogen (secondary N) is 1. The molecular formula is C27H26N6O. The molecule has 1 amide bonds. The second kappa shape index (κ2) is 9.31. The molecule has 0 bridgehead atoms. The van der Waals surface area contributed by atoms with Crippen LogP contribution in [0.2, 0.25) is 0 Å². The van der Waals surface area contributed by atoms with E-state index >= 15 is 0 Å². The molecule has 3 aromatic heterocycles.